The minimum absolute atomic E-state index is 0.0550. The molecule has 10 heteroatoms. The van der Waals surface area contributed by atoms with Gasteiger partial charge in [0.1, 0.15) is 10.6 Å². The van der Waals surface area contributed by atoms with Gasteiger partial charge in [-0.25, -0.2) is 0 Å². The van der Waals surface area contributed by atoms with Gasteiger partial charge in [0.15, 0.2) is 0 Å². The Bertz CT molecular complexity index is 865. The van der Waals surface area contributed by atoms with Gasteiger partial charge in [-0.05, 0) is 18.2 Å². The van der Waals surface area contributed by atoms with E-state index in [9.17, 15) is 21.9 Å². The first kappa shape index (κ1) is 17.2. The molecule has 0 aliphatic carbocycles. The minimum Gasteiger partial charge on any atom is -0.507 e. The van der Waals surface area contributed by atoms with Gasteiger partial charge in [0.05, 0.1) is 11.9 Å². The number of hydrogen-bond donors (Lipinski definition) is 4. The van der Waals surface area contributed by atoms with Crippen molar-refractivity contribution in [1.29, 1.82) is 0 Å². The van der Waals surface area contributed by atoms with Gasteiger partial charge in [-0.15, -0.1) is 0 Å². The average molecular weight is 335 g/mol. The van der Waals surface area contributed by atoms with Crippen LogP contribution in [-0.2, 0) is 20.2 Å². The molecule has 8 nitrogen and oxygen atoms in total. The zero-order chi connectivity index (χ0) is 16.4. The Morgan fingerprint density at radius 3 is 1.95 bits per heavy atom. The van der Waals surface area contributed by atoms with Gasteiger partial charge < -0.3 is 10.8 Å². The van der Waals surface area contributed by atoms with Gasteiger partial charge >= 0.3 is 0 Å². The minimum atomic E-state index is -4.41. The van der Waals surface area contributed by atoms with Gasteiger partial charge in [0, 0.05) is 10.8 Å². The fourth-order valence-corrected chi connectivity index (χ4v) is 2.44. The van der Waals surface area contributed by atoms with E-state index in [0.29, 0.717) is 11.6 Å². The number of hydrogen-bond acceptors (Lipinski definition) is 6. The smallest absolute Gasteiger partial charge is 0.297 e. The molecule has 0 saturated carbocycles. The van der Waals surface area contributed by atoms with Gasteiger partial charge in [-0.1, -0.05) is 12.1 Å². The van der Waals surface area contributed by atoms with Crippen molar-refractivity contribution in [3.05, 3.63) is 30.3 Å². The van der Waals surface area contributed by atoms with Crippen LogP contribution in [0.4, 0.5) is 5.69 Å². The van der Waals surface area contributed by atoms with Crippen molar-refractivity contribution in [3.63, 3.8) is 0 Å². The second-order valence-corrected chi connectivity index (χ2v) is 6.89. The SMILES string of the molecule is CS(=O)(=O)O.Nc1ccc2c(O)cccc2c1S(=O)(=O)O. The molecule has 0 unspecified atom stereocenters. The van der Waals surface area contributed by atoms with Crippen molar-refractivity contribution in [2.45, 2.75) is 4.90 Å². The second kappa shape index (κ2) is 5.85. The van der Waals surface area contributed by atoms with Crippen LogP contribution in [0.15, 0.2) is 35.2 Å². The standard InChI is InChI=1S/C10H9NO4S.CH4O3S/c11-8-5-4-6-7(2-1-3-9(6)12)10(8)16(13,14)15;1-5(2,3)4/h1-5,12H,11H2,(H,13,14,15);1H3,(H,2,3,4). The maximum absolute atomic E-state index is 11.2. The molecule has 5 N–H and O–H groups in total. The summed E-state index contributed by atoms with van der Waals surface area (Å²) in [6.45, 7) is 0. The van der Waals surface area contributed by atoms with Crippen LogP contribution in [0.2, 0.25) is 0 Å². The number of nitrogens with two attached hydrogens (primary N) is 1. The van der Waals surface area contributed by atoms with Gasteiger partial charge in [0.2, 0.25) is 0 Å². The highest BCUT2D eigenvalue weighted by atomic mass is 32.2. The van der Waals surface area contributed by atoms with Crippen molar-refractivity contribution in [3.8, 4) is 5.75 Å². The first-order valence-electron chi connectivity index (χ1n) is 5.31. The Kier molecular flexibility index (Phi) is 4.79. The lowest BCUT2D eigenvalue weighted by Gasteiger charge is -2.07. The summed E-state index contributed by atoms with van der Waals surface area (Å²) < 4.78 is 57.3. The van der Waals surface area contributed by atoms with E-state index in [1.54, 1.807) is 0 Å². The first-order valence-corrected chi connectivity index (χ1v) is 8.60. The highest BCUT2D eigenvalue weighted by molar-refractivity contribution is 7.86. The highest BCUT2D eigenvalue weighted by Gasteiger charge is 2.18. The fourth-order valence-electron chi connectivity index (χ4n) is 1.62. The normalized spacial score (nSPS) is 11.8. The Hall–Kier alpha value is -1.88. The number of phenols is 1. The van der Waals surface area contributed by atoms with Gasteiger partial charge in [0.25, 0.3) is 20.2 Å². The van der Waals surface area contributed by atoms with Crippen LogP contribution in [0.1, 0.15) is 0 Å². The van der Waals surface area contributed by atoms with Crippen LogP contribution in [0.25, 0.3) is 10.8 Å². The Balaban J connectivity index is 0.000000383. The largest absolute Gasteiger partial charge is 0.507 e. The monoisotopic (exact) mass is 335 g/mol. The number of anilines is 1. The van der Waals surface area contributed by atoms with E-state index in [2.05, 4.69) is 0 Å². The molecule has 0 aromatic heterocycles. The molecule has 0 heterocycles. The molecular weight excluding hydrogens is 322 g/mol. The molecule has 0 atom stereocenters. The number of phenolic OH excluding ortho intramolecular Hbond substituents is 1. The van der Waals surface area contributed by atoms with Crippen molar-refractivity contribution in [1.82, 2.24) is 0 Å². The fraction of sp³-hybridized carbons (Fsp3) is 0.0909. The van der Waals surface area contributed by atoms with E-state index in [-0.39, 0.29) is 21.7 Å². The third kappa shape index (κ3) is 4.86. The first-order chi connectivity index (χ1) is 9.41. The lowest BCUT2D eigenvalue weighted by molar-refractivity contribution is 0.481. The van der Waals surface area contributed by atoms with Crippen molar-refractivity contribution >= 4 is 36.7 Å². The van der Waals surface area contributed by atoms with E-state index >= 15 is 0 Å². The Morgan fingerprint density at radius 2 is 1.48 bits per heavy atom. The summed E-state index contributed by atoms with van der Waals surface area (Å²) in [5.41, 5.74) is 5.45. The lowest BCUT2D eigenvalue weighted by Crippen LogP contribution is -2.03. The second-order valence-electron chi connectivity index (χ2n) is 4.06. The number of aromatic hydroxyl groups is 1. The van der Waals surface area contributed by atoms with Crippen molar-refractivity contribution < 1.29 is 31.0 Å². The summed E-state index contributed by atoms with van der Waals surface area (Å²) in [6.07, 6.45) is 0.715. The summed E-state index contributed by atoms with van der Waals surface area (Å²) in [6, 6.07) is 7.19. The van der Waals surface area contributed by atoms with E-state index in [0.717, 1.165) is 0 Å². The third-order valence-electron chi connectivity index (χ3n) is 2.28. The molecule has 2 aromatic carbocycles. The van der Waals surface area contributed by atoms with E-state index in [1.165, 1.54) is 30.3 Å². The molecule has 2 aromatic rings. The molecule has 0 amide bonds. The molecular formula is C11H13NO7S2. The third-order valence-corrected chi connectivity index (χ3v) is 3.25. The maximum Gasteiger partial charge on any atom is 0.297 e. The molecule has 2 rings (SSSR count). The zero-order valence-corrected chi connectivity index (χ0v) is 12.4. The topological polar surface area (TPSA) is 155 Å². The number of rotatable bonds is 1. The predicted octanol–water partition coefficient (Wildman–Crippen LogP) is 0.878. The number of nitrogen functional groups attached to an aromatic ring is 1. The van der Waals surface area contributed by atoms with E-state index in [1.807, 2.05) is 0 Å². The Morgan fingerprint density at radius 1 is 0.952 bits per heavy atom. The highest BCUT2D eigenvalue weighted by Crippen LogP contribution is 2.32. The van der Waals surface area contributed by atoms with Crippen LogP contribution in [0.3, 0.4) is 0 Å². The van der Waals surface area contributed by atoms with Gasteiger partial charge in [-0.2, -0.15) is 16.8 Å². The zero-order valence-electron chi connectivity index (χ0n) is 10.8. The number of benzene rings is 2. The molecule has 21 heavy (non-hydrogen) atoms. The van der Waals surface area contributed by atoms with Crippen LogP contribution < -0.4 is 5.73 Å². The molecule has 0 fully saturated rings. The predicted molar refractivity (Wildman–Crippen MR) is 77.3 cm³/mol. The Labute approximate surface area is 121 Å². The lowest BCUT2D eigenvalue weighted by atomic mass is 10.1. The quantitative estimate of drug-likeness (QED) is 0.442. The molecule has 0 aliphatic heterocycles. The van der Waals surface area contributed by atoms with E-state index < -0.39 is 20.2 Å². The maximum atomic E-state index is 11.2. The summed E-state index contributed by atoms with van der Waals surface area (Å²) in [5, 5.41) is 10.1. The molecule has 0 spiro atoms. The van der Waals surface area contributed by atoms with Crippen molar-refractivity contribution in [2.24, 2.45) is 0 Å². The summed E-state index contributed by atoms with van der Waals surface area (Å²) >= 11 is 0. The molecule has 0 bridgehead atoms. The molecule has 0 aliphatic rings. The summed E-state index contributed by atoms with van der Waals surface area (Å²) in [4.78, 5) is -0.374. The van der Waals surface area contributed by atoms with Gasteiger partial charge in [-0.3, -0.25) is 9.11 Å². The average Bonchev–Trinajstić information content (AvgIpc) is 2.24. The van der Waals surface area contributed by atoms with Crippen LogP contribution in [-0.4, -0.2) is 37.3 Å². The van der Waals surface area contributed by atoms with Crippen LogP contribution >= 0.6 is 0 Å². The molecule has 0 saturated heterocycles. The molecule has 0 radical (unpaired) electrons. The summed E-state index contributed by atoms with van der Waals surface area (Å²) in [5.74, 6) is -0.0672. The summed E-state index contributed by atoms with van der Waals surface area (Å²) in [7, 11) is -8.08. The molecule has 116 valence electrons. The van der Waals surface area contributed by atoms with Crippen LogP contribution in [0.5, 0.6) is 5.75 Å². The van der Waals surface area contributed by atoms with E-state index in [4.69, 9.17) is 14.8 Å². The van der Waals surface area contributed by atoms with Crippen LogP contribution in [0, 0.1) is 0 Å². The van der Waals surface area contributed by atoms with Crippen molar-refractivity contribution in [2.75, 3.05) is 12.0 Å². The number of fused-ring (bicyclic) bond motifs is 1.